The lowest BCUT2D eigenvalue weighted by molar-refractivity contribution is -0.125. The van der Waals surface area contributed by atoms with Gasteiger partial charge in [0, 0.05) is 6.54 Å². The Hall–Kier alpha value is -1.26. The zero-order chi connectivity index (χ0) is 14.4. The second kappa shape index (κ2) is 8.90. The molecule has 1 aliphatic heterocycles. The van der Waals surface area contributed by atoms with Crippen LogP contribution in [0.25, 0.3) is 0 Å². The van der Waals surface area contributed by atoms with Crippen molar-refractivity contribution < 1.29 is 9.53 Å². The molecule has 5 heteroatoms. The third-order valence-corrected chi connectivity index (χ3v) is 3.65. The van der Waals surface area contributed by atoms with Crippen molar-refractivity contribution in [2.24, 2.45) is 5.92 Å². The molecule has 1 aromatic rings. The van der Waals surface area contributed by atoms with Crippen LogP contribution in [-0.4, -0.2) is 31.6 Å². The Labute approximate surface area is 133 Å². The number of rotatable bonds is 5. The lowest BCUT2D eigenvalue weighted by Gasteiger charge is -2.23. The van der Waals surface area contributed by atoms with Gasteiger partial charge in [-0.15, -0.1) is 12.4 Å². The Morgan fingerprint density at radius 3 is 2.90 bits per heavy atom. The summed E-state index contributed by atoms with van der Waals surface area (Å²) in [7, 11) is 0. The fourth-order valence-electron chi connectivity index (χ4n) is 2.41. The summed E-state index contributed by atoms with van der Waals surface area (Å²) >= 11 is 0. The van der Waals surface area contributed by atoms with E-state index in [0.29, 0.717) is 6.54 Å². The number of para-hydroxylation sites is 1. The van der Waals surface area contributed by atoms with Crippen molar-refractivity contribution in [3.63, 3.8) is 0 Å². The summed E-state index contributed by atoms with van der Waals surface area (Å²) in [5.41, 5.74) is 1.11. The molecular weight excluding hydrogens is 288 g/mol. The number of aryl methyl sites for hydroxylation is 1. The minimum Gasteiger partial charge on any atom is -0.489 e. The number of piperidine rings is 1. The number of hydrogen-bond acceptors (Lipinski definition) is 3. The van der Waals surface area contributed by atoms with E-state index in [1.807, 2.05) is 38.1 Å². The summed E-state index contributed by atoms with van der Waals surface area (Å²) in [6, 6.07) is 7.93. The number of carbonyl (C=O) groups is 1. The smallest absolute Gasteiger partial charge is 0.224 e. The van der Waals surface area contributed by atoms with Crippen LogP contribution in [0.4, 0.5) is 0 Å². The van der Waals surface area contributed by atoms with Crippen LogP contribution in [0.15, 0.2) is 24.3 Å². The number of amides is 1. The Morgan fingerprint density at radius 2 is 2.24 bits per heavy atom. The molecule has 0 saturated carbocycles. The van der Waals surface area contributed by atoms with E-state index in [2.05, 4.69) is 10.6 Å². The van der Waals surface area contributed by atoms with Crippen LogP contribution in [0.2, 0.25) is 0 Å². The molecule has 0 radical (unpaired) electrons. The standard InChI is InChI=1S/C16H24N2O2.ClH/c1-12-6-3-4-8-15(12)20-13(2)10-18-16(19)14-7-5-9-17-11-14;/h3-4,6,8,13-14,17H,5,7,9-11H2,1-2H3,(H,18,19);1H. The Kier molecular flexibility index (Phi) is 7.54. The van der Waals surface area contributed by atoms with Crippen LogP contribution in [0.3, 0.4) is 0 Å². The highest BCUT2D eigenvalue weighted by Crippen LogP contribution is 2.17. The minimum atomic E-state index is -0.0309. The molecule has 1 aromatic carbocycles. The SMILES string of the molecule is Cc1ccccc1OC(C)CNC(=O)C1CCCNC1.Cl. The highest BCUT2D eigenvalue weighted by atomic mass is 35.5. The molecule has 0 aliphatic carbocycles. The van der Waals surface area contributed by atoms with Crippen molar-refractivity contribution in [2.75, 3.05) is 19.6 Å². The number of benzene rings is 1. The van der Waals surface area contributed by atoms with E-state index in [4.69, 9.17) is 4.74 Å². The normalized spacial score (nSPS) is 19.2. The first-order valence-electron chi connectivity index (χ1n) is 7.37. The van der Waals surface area contributed by atoms with Gasteiger partial charge in [-0.05, 0) is 44.9 Å². The third-order valence-electron chi connectivity index (χ3n) is 3.65. The molecule has 0 bridgehead atoms. The van der Waals surface area contributed by atoms with Gasteiger partial charge in [0.05, 0.1) is 12.5 Å². The number of halogens is 1. The van der Waals surface area contributed by atoms with Gasteiger partial charge in [-0.3, -0.25) is 4.79 Å². The van der Waals surface area contributed by atoms with Crippen LogP contribution in [-0.2, 0) is 4.79 Å². The molecule has 1 amide bonds. The van der Waals surface area contributed by atoms with Crippen LogP contribution in [0.1, 0.15) is 25.3 Å². The highest BCUT2D eigenvalue weighted by molar-refractivity contribution is 5.85. The zero-order valence-corrected chi connectivity index (χ0v) is 13.5. The van der Waals surface area contributed by atoms with Gasteiger partial charge in [-0.2, -0.15) is 0 Å². The summed E-state index contributed by atoms with van der Waals surface area (Å²) in [5.74, 6) is 1.13. The summed E-state index contributed by atoms with van der Waals surface area (Å²) in [6.45, 7) is 6.36. The van der Waals surface area contributed by atoms with Gasteiger partial charge in [-0.1, -0.05) is 18.2 Å². The molecular formula is C16H25ClN2O2. The second-order valence-electron chi connectivity index (χ2n) is 5.48. The molecule has 0 spiro atoms. The summed E-state index contributed by atoms with van der Waals surface area (Å²) < 4.78 is 5.85. The number of hydrogen-bond donors (Lipinski definition) is 2. The molecule has 118 valence electrons. The minimum absolute atomic E-state index is 0. The van der Waals surface area contributed by atoms with E-state index in [-0.39, 0.29) is 30.3 Å². The molecule has 2 unspecified atom stereocenters. The molecule has 4 nitrogen and oxygen atoms in total. The molecule has 21 heavy (non-hydrogen) atoms. The monoisotopic (exact) mass is 312 g/mol. The molecule has 2 atom stereocenters. The lowest BCUT2D eigenvalue weighted by Crippen LogP contribution is -2.43. The second-order valence-corrected chi connectivity index (χ2v) is 5.48. The third kappa shape index (κ3) is 5.56. The summed E-state index contributed by atoms with van der Waals surface area (Å²) in [6.07, 6.45) is 2.02. The predicted molar refractivity (Wildman–Crippen MR) is 87.1 cm³/mol. The number of nitrogens with one attached hydrogen (secondary N) is 2. The first-order valence-corrected chi connectivity index (χ1v) is 7.37. The summed E-state index contributed by atoms with van der Waals surface area (Å²) in [4.78, 5) is 12.0. The van der Waals surface area contributed by atoms with E-state index in [0.717, 1.165) is 37.2 Å². The molecule has 1 heterocycles. The molecule has 1 fully saturated rings. The first kappa shape index (κ1) is 17.8. The predicted octanol–water partition coefficient (Wildman–Crippen LogP) is 2.30. The maximum absolute atomic E-state index is 12.0. The zero-order valence-electron chi connectivity index (χ0n) is 12.7. The fourth-order valence-corrected chi connectivity index (χ4v) is 2.41. The number of ether oxygens (including phenoxy) is 1. The molecule has 1 saturated heterocycles. The lowest BCUT2D eigenvalue weighted by atomic mass is 9.99. The van der Waals surface area contributed by atoms with Crippen LogP contribution >= 0.6 is 12.4 Å². The van der Waals surface area contributed by atoms with E-state index in [1.165, 1.54) is 0 Å². The topological polar surface area (TPSA) is 50.4 Å². The van der Waals surface area contributed by atoms with Gasteiger partial charge in [-0.25, -0.2) is 0 Å². The Balaban J connectivity index is 0.00000220. The van der Waals surface area contributed by atoms with Crippen LogP contribution in [0, 0.1) is 12.8 Å². The number of carbonyl (C=O) groups excluding carboxylic acids is 1. The maximum atomic E-state index is 12.0. The van der Waals surface area contributed by atoms with E-state index in [9.17, 15) is 4.79 Å². The van der Waals surface area contributed by atoms with E-state index >= 15 is 0 Å². The van der Waals surface area contributed by atoms with Crippen LogP contribution in [0.5, 0.6) is 5.75 Å². The van der Waals surface area contributed by atoms with Gasteiger partial charge in [0.1, 0.15) is 11.9 Å². The van der Waals surface area contributed by atoms with Gasteiger partial charge in [0.25, 0.3) is 0 Å². The molecule has 1 aliphatic rings. The Morgan fingerprint density at radius 1 is 1.48 bits per heavy atom. The summed E-state index contributed by atoms with van der Waals surface area (Å²) in [5, 5.41) is 6.25. The fraction of sp³-hybridized carbons (Fsp3) is 0.562. The maximum Gasteiger partial charge on any atom is 0.224 e. The average Bonchev–Trinajstić information content (AvgIpc) is 2.48. The quantitative estimate of drug-likeness (QED) is 0.877. The largest absolute Gasteiger partial charge is 0.489 e. The van der Waals surface area contributed by atoms with E-state index in [1.54, 1.807) is 0 Å². The van der Waals surface area contributed by atoms with Crippen molar-refractivity contribution in [3.8, 4) is 5.75 Å². The van der Waals surface area contributed by atoms with E-state index < -0.39 is 0 Å². The van der Waals surface area contributed by atoms with Crippen molar-refractivity contribution in [1.82, 2.24) is 10.6 Å². The van der Waals surface area contributed by atoms with Gasteiger partial charge < -0.3 is 15.4 Å². The molecule has 0 aromatic heterocycles. The molecule has 2 N–H and O–H groups in total. The average molecular weight is 313 g/mol. The van der Waals surface area contributed by atoms with Crippen molar-refractivity contribution >= 4 is 18.3 Å². The van der Waals surface area contributed by atoms with Gasteiger partial charge >= 0.3 is 0 Å². The highest BCUT2D eigenvalue weighted by Gasteiger charge is 2.21. The van der Waals surface area contributed by atoms with Crippen LogP contribution < -0.4 is 15.4 Å². The van der Waals surface area contributed by atoms with Gasteiger partial charge in [0.2, 0.25) is 5.91 Å². The van der Waals surface area contributed by atoms with Crippen molar-refractivity contribution in [3.05, 3.63) is 29.8 Å². The molecule has 2 rings (SSSR count). The first-order chi connectivity index (χ1) is 9.66. The van der Waals surface area contributed by atoms with Gasteiger partial charge in [0.15, 0.2) is 0 Å². The van der Waals surface area contributed by atoms with Crippen molar-refractivity contribution in [1.29, 1.82) is 0 Å². The Bertz CT molecular complexity index is 448. The van der Waals surface area contributed by atoms with Crippen molar-refractivity contribution in [2.45, 2.75) is 32.8 Å².